The van der Waals surface area contributed by atoms with Crippen molar-refractivity contribution in [2.24, 2.45) is 5.73 Å². The van der Waals surface area contributed by atoms with Gasteiger partial charge in [0.1, 0.15) is 29.7 Å². The molecule has 4 heteroatoms. The van der Waals surface area contributed by atoms with E-state index in [-0.39, 0.29) is 5.82 Å². The van der Waals surface area contributed by atoms with Crippen LogP contribution in [0.3, 0.4) is 0 Å². The predicted octanol–water partition coefficient (Wildman–Crippen LogP) is 3.07. The summed E-state index contributed by atoms with van der Waals surface area (Å²) in [4.78, 5) is 0. The van der Waals surface area contributed by atoms with Gasteiger partial charge in [0.2, 0.25) is 0 Å². The first-order valence-electron chi connectivity index (χ1n) is 5.77. The molecule has 0 aliphatic rings. The van der Waals surface area contributed by atoms with Crippen LogP contribution in [0.4, 0.5) is 4.39 Å². The lowest BCUT2D eigenvalue weighted by atomic mass is 10.2. The Balaban J connectivity index is 2.04. The van der Waals surface area contributed by atoms with Crippen LogP contribution in [-0.4, -0.2) is 0 Å². The molecule has 0 aliphatic carbocycles. The molecular formula is C14H16FNO2. The van der Waals surface area contributed by atoms with Crippen molar-refractivity contribution >= 4 is 0 Å². The fourth-order valence-electron chi connectivity index (χ4n) is 1.72. The number of nitrogens with two attached hydrogens (primary N) is 1. The maximum absolute atomic E-state index is 13.1. The molecule has 96 valence electrons. The molecule has 2 N–H and O–H groups in total. The molecule has 0 saturated heterocycles. The Morgan fingerprint density at radius 2 is 2.06 bits per heavy atom. The minimum Gasteiger partial charge on any atom is -0.486 e. The molecule has 0 aliphatic heterocycles. The first-order valence-corrected chi connectivity index (χ1v) is 5.77. The van der Waals surface area contributed by atoms with Crippen molar-refractivity contribution in [1.29, 1.82) is 0 Å². The highest BCUT2D eigenvalue weighted by Gasteiger charge is 2.07. The highest BCUT2D eigenvalue weighted by atomic mass is 19.1. The summed E-state index contributed by atoms with van der Waals surface area (Å²) in [7, 11) is 0. The van der Waals surface area contributed by atoms with Crippen LogP contribution < -0.4 is 10.5 Å². The molecule has 0 fully saturated rings. The second-order valence-corrected chi connectivity index (χ2v) is 4.20. The zero-order chi connectivity index (χ0) is 13.1. The van der Waals surface area contributed by atoms with E-state index in [4.69, 9.17) is 14.9 Å². The topological polar surface area (TPSA) is 48.4 Å². The van der Waals surface area contributed by atoms with E-state index in [2.05, 4.69) is 0 Å². The Labute approximate surface area is 105 Å². The van der Waals surface area contributed by atoms with Gasteiger partial charge in [-0.1, -0.05) is 0 Å². The summed E-state index contributed by atoms with van der Waals surface area (Å²) < 4.78 is 24.1. The van der Waals surface area contributed by atoms with Crippen molar-refractivity contribution in [2.75, 3.05) is 0 Å². The van der Waals surface area contributed by atoms with Gasteiger partial charge in [-0.25, -0.2) is 4.39 Å². The molecule has 0 radical (unpaired) electrons. The second-order valence-electron chi connectivity index (χ2n) is 4.20. The molecule has 1 aromatic heterocycles. The lowest BCUT2D eigenvalue weighted by Gasteiger charge is -2.05. The third-order valence-electron chi connectivity index (χ3n) is 2.80. The summed E-state index contributed by atoms with van der Waals surface area (Å²) in [5.74, 6) is 1.92. The largest absolute Gasteiger partial charge is 0.486 e. The summed E-state index contributed by atoms with van der Waals surface area (Å²) in [6.45, 7) is 4.33. The first kappa shape index (κ1) is 12.6. The maximum Gasteiger partial charge on any atom is 0.146 e. The van der Waals surface area contributed by atoms with Crippen molar-refractivity contribution in [3.8, 4) is 5.75 Å². The monoisotopic (exact) mass is 249 g/mol. The van der Waals surface area contributed by atoms with Gasteiger partial charge in [0, 0.05) is 12.1 Å². The van der Waals surface area contributed by atoms with Gasteiger partial charge < -0.3 is 14.9 Å². The van der Waals surface area contributed by atoms with Gasteiger partial charge in [-0.05, 0) is 43.7 Å². The first-order chi connectivity index (χ1) is 8.60. The fourth-order valence-corrected chi connectivity index (χ4v) is 1.72. The van der Waals surface area contributed by atoms with Crippen LogP contribution in [-0.2, 0) is 13.2 Å². The van der Waals surface area contributed by atoms with Crippen LogP contribution in [0.25, 0.3) is 0 Å². The van der Waals surface area contributed by atoms with Gasteiger partial charge in [0.15, 0.2) is 0 Å². The number of hydrogen-bond donors (Lipinski definition) is 1. The summed E-state index contributed by atoms with van der Waals surface area (Å²) in [5.41, 5.74) is 7.10. The zero-order valence-corrected chi connectivity index (χ0v) is 10.5. The number of halogens is 1. The number of furan rings is 1. The average Bonchev–Trinajstić information content (AvgIpc) is 2.71. The van der Waals surface area contributed by atoms with Crippen LogP contribution in [0.2, 0.25) is 0 Å². The smallest absolute Gasteiger partial charge is 0.146 e. The van der Waals surface area contributed by atoms with Gasteiger partial charge >= 0.3 is 0 Å². The average molecular weight is 249 g/mol. The summed E-state index contributed by atoms with van der Waals surface area (Å²) >= 11 is 0. The standard InChI is InChI=1S/C14H16FNO2/c1-9-5-12(3-4-14(9)15)17-8-13-6-11(7-16)10(2)18-13/h3-6H,7-8,16H2,1-2H3. The van der Waals surface area contributed by atoms with Crippen molar-refractivity contribution < 1.29 is 13.5 Å². The zero-order valence-electron chi connectivity index (χ0n) is 10.5. The van der Waals surface area contributed by atoms with E-state index in [1.807, 2.05) is 13.0 Å². The molecule has 1 heterocycles. The molecule has 2 aromatic rings. The van der Waals surface area contributed by atoms with Crippen molar-refractivity contribution in [3.05, 3.63) is 52.7 Å². The Morgan fingerprint density at radius 3 is 2.67 bits per heavy atom. The molecule has 0 saturated carbocycles. The lowest BCUT2D eigenvalue weighted by Crippen LogP contribution is -1.96. The molecule has 0 unspecified atom stereocenters. The molecule has 1 aromatic carbocycles. The predicted molar refractivity (Wildman–Crippen MR) is 66.8 cm³/mol. The molecule has 2 rings (SSSR count). The third kappa shape index (κ3) is 2.71. The van der Waals surface area contributed by atoms with Crippen molar-refractivity contribution in [1.82, 2.24) is 0 Å². The molecular weight excluding hydrogens is 233 g/mol. The number of benzene rings is 1. The minimum absolute atomic E-state index is 0.235. The van der Waals surface area contributed by atoms with E-state index >= 15 is 0 Å². The van der Waals surface area contributed by atoms with Crippen LogP contribution in [0.15, 0.2) is 28.7 Å². The highest BCUT2D eigenvalue weighted by molar-refractivity contribution is 5.29. The quantitative estimate of drug-likeness (QED) is 0.905. The highest BCUT2D eigenvalue weighted by Crippen LogP contribution is 2.19. The van der Waals surface area contributed by atoms with Gasteiger partial charge in [-0.3, -0.25) is 0 Å². The number of aryl methyl sites for hydroxylation is 2. The van der Waals surface area contributed by atoms with Crippen LogP contribution in [0, 0.1) is 19.7 Å². The Hall–Kier alpha value is -1.81. The van der Waals surface area contributed by atoms with Gasteiger partial charge in [-0.2, -0.15) is 0 Å². The van der Waals surface area contributed by atoms with Crippen molar-refractivity contribution in [2.45, 2.75) is 27.0 Å². The van der Waals surface area contributed by atoms with E-state index in [0.29, 0.717) is 24.5 Å². The lowest BCUT2D eigenvalue weighted by molar-refractivity contribution is 0.267. The van der Waals surface area contributed by atoms with E-state index < -0.39 is 0 Å². The molecule has 18 heavy (non-hydrogen) atoms. The third-order valence-corrected chi connectivity index (χ3v) is 2.80. The van der Waals surface area contributed by atoms with Crippen LogP contribution in [0.1, 0.15) is 22.6 Å². The Kier molecular flexibility index (Phi) is 3.67. The van der Waals surface area contributed by atoms with Crippen LogP contribution >= 0.6 is 0 Å². The Morgan fingerprint density at radius 1 is 1.28 bits per heavy atom. The molecule has 0 amide bonds. The SMILES string of the molecule is Cc1cc(OCc2cc(CN)c(C)o2)ccc1F. The minimum atomic E-state index is -0.235. The fraction of sp³-hybridized carbons (Fsp3) is 0.286. The maximum atomic E-state index is 13.1. The molecule has 3 nitrogen and oxygen atoms in total. The van der Waals surface area contributed by atoms with E-state index in [1.165, 1.54) is 6.07 Å². The van der Waals surface area contributed by atoms with Gasteiger partial charge in [0.05, 0.1) is 0 Å². The number of hydrogen-bond acceptors (Lipinski definition) is 3. The van der Waals surface area contributed by atoms with Gasteiger partial charge in [-0.15, -0.1) is 0 Å². The molecule has 0 bridgehead atoms. The van der Waals surface area contributed by atoms with E-state index in [1.54, 1.807) is 19.1 Å². The van der Waals surface area contributed by atoms with E-state index in [9.17, 15) is 4.39 Å². The number of rotatable bonds is 4. The van der Waals surface area contributed by atoms with E-state index in [0.717, 1.165) is 17.1 Å². The summed E-state index contributed by atoms with van der Waals surface area (Å²) in [5, 5.41) is 0. The summed E-state index contributed by atoms with van der Waals surface area (Å²) in [6, 6.07) is 6.53. The second kappa shape index (κ2) is 5.23. The molecule has 0 atom stereocenters. The Bertz CT molecular complexity index is 549. The molecule has 0 spiro atoms. The number of ether oxygens (including phenoxy) is 1. The summed E-state index contributed by atoms with van der Waals surface area (Å²) in [6.07, 6.45) is 0. The van der Waals surface area contributed by atoms with Crippen LogP contribution in [0.5, 0.6) is 5.75 Å². The van der Waals surface area contributed by atoms with Crippen molar-refractivity contribution in [3.63, 3.8) is 0 Å². The van der Waals surface area contributed by atoms with Gasteiger partial charge in [0.25, 0.3) is 0 Å². The normalized spacial score (nSPS) is 10.7.